The molecule has 2 aromatic rings. The average Bonchev–Trinajstić information content (AvgIpc) is 2.77. The molecule has 0 saturated carbocycles. The molecule has 0 aromatic heterocycles. The summed E-state index contributed by atoms with van der Waals surface area (Å²) in [6.45, 7) is 6.61. The molecule has 1 aliphatic rings. The molecule has 1 aliphatic heterocycles. The third-order valence-electron chi connectivity index (χ3n) is 5.18. The fourth-order valence-electron chi connectivity index (χ4n) is 3.52. The molecule has 2 amide bonds. The largest absolute Gasteiger partial charge is 0.482 e. The van der Waals surface area contributed by atoms with Crippen LogP contribution in [-0.4, -0.2) is 48.0 Å². The van der Waals surface area contributed by atoms with Gasteiger partial charge in [0.15, 0.2) is 12.4 Å². The summed E-state index contributed by atoms with van der Waals surface area (Å²) in [4.78, 5) is 38.5. The van der Waals surface area contributed by atoms with Crippen molar-refractivity contribution in [2.75, 3.05) is 25.0 Å². The van der Waals surface area contributed by atoms with Crippen LogP contribution in [0.3, 0.4) is 0 Å². The number of unbranched alkanes of at least 4 members (excludes halogenated alkanes) is 1. The predicted molar refractivity (Wildman–Crippen MR) is 127 cm³/mol. The molecule has 1 heterocycles. The number of ketones is 1. The summed E-state index contributed by atoms with van der Waals surface area (Å²) in [7, 11) is 0. The first-order chi connectivity index (χ1) is 15.7. The normalized spacial score (nSPS) is 12.9. The molecule has 0 bridgehead atoms. The number of nitrogens with one attached hydrogen (secondary N) is 1. The van der Waals surface area contributed by atoms with Crippen LogP contribution in [0.1, 0.15) is 56.0 Å². The first kappa shape index (κ1) is 24.3. The molecule has 33 heavy (non-hydrogen) atoms. The molecule has 0 saturated heterocycles. The van der Waals surface area contributed by atoms with Crippen LogP contribution in [0, 0.1) is 0 Å². The van der Waals surface area contributed by atoms with E-state index < -0.39 is 5.60 Å². The fraction of sp³-hybridized carbons (Fsp3) is 0.423. The molecule has 3 rings (SSSR count). The molecule has 0 fully saturated rings. The SMILES string of the molecule is CC(C)(C)OC(=O)N(CCCCC(=O)c1ccc2c(c1)NC(=O)CO2)CCc1ccccc1. The molecule has 0 atom stereocenters. The molecule has 0 radical (unpaired) electrons. The maximum absolute atomic E-state index is 12.7. The number of nitrogens with zero attached hydrogens (tertiary/aromatic N) is 1. The van der Waals surface area contributed by atoms with Crippen molar-refractivity contribution in [3.8, 4) is 5.75 Å². The predicted octanol–water partition coefficient (Wildman–Crippen LogP) is 4.85. The second-order valence-corrected chi connectivity index (χ2v) is 9.13. The van der Waals surface area contributed by atoms with Gasteiger partial charge in [0.2, 0.25) is 0 Å². The maximum atomic E-state index is 12.7. The molecule has 0 unspecified atom stereocenters. The molecule has 7 nitrogen and oxygen atoms in total. The summed E-state index contributed by atoms with van der Waals surface area (Å²) in [6, 6.07) is 15.1. The quantitative estimate of drug-likeness (QED) is 0.434. The van der Waals surface area contributed by atoms with E-state index >= 15 is 0 Å². The maximum Gasteiger partial charge on any atom is 0.410 e. The monoisotopic (exact) mass is 452 g/mol. The lowest BCUT2D eigenvalue weighted by atomic mass is 10.0. The number of fused-ring (bicyclic) bond motifs is 1. The second-order valence-electron chi connectivity index (χ2n) is 9.13. The van der Waals surface area contributed by atoms with E-state index in [0.717, 1.165) is 12.0 Å². The van der Waals surface area contributed by atoms with E-state index in [0.29, 0.717) is 49.4 Å². The van der Waals surface area contributed by atoms with Gasteiger partial charge in [0.05, 0.1) is 5.69 Å². The lowest BCUT2D eigenvalue weighted by molar-refractivity contribution is -0.118. The van der Waals surface area contributed by atoms with E-state index in [1.165, 1.54) is 0 Å². The van der Waals surface area contributed by atoms with Gasteiger partial charge in [-0.25, -0.2) is 4.79 Å². The fourth-order valence-corrected chi connectivity index (χ4v) is 3.52. The Bertz CT molecular complexity index is 982. The molecular formula is C26H32N2O5. The number of hydrogen-bond acceptors (Lipinski definition) is 5. The zero-order valence-electron chi connectivity index (χ0n) is 19.6. The summed E-state index contributed by atoms with van der Waals surface area (Å²) in [5.74, 6) is 0.327. The Labute approximate surface area is 195 Å². The first-order valence-electron chi connectivity index (χ1n) is 11.3. The van der Waals surface area contributed by atoms with Gasteiger partial charge in [-0.1, -0.05) is 30.3 Å². The van der Waals surface area contributed by atoms with Crippen LogP contribution < -0.4 is 10.1 Å². The Morgan fingerprint density at radius 1 is 1.06 bits per heavy atom. The third kappa shape index (κ3) is 7.63. The van der Waals surface area contributed by atoms with E-state index in [1.54, 1.807) is 23.1 Å². The zero-order chi connectivity index (χ0) is 23.8. The minimum absolute atomic E-state index is 0.00859. The van der Waals surface area contributed by atoms with Gasteiger partial charge in [0, 0.05) is 25.1 Å². The highest BCUT2D eigenvalue weighted by atomic mass is 16.6. The number of rotatable bonds is 9. The third-order valence-corrected chi connectivity index (χ3v) is 5.18. The Morgan fingerprint density at radius 3 is 2.55 bits per heavy atom. The number of anilines is 1. The number of carbonyl (C=O) groups excluding carboxylic acids is 3. The van der Waals surface area contributed by atoms with Gasteiger partial charge in [-0.2, -0.15) is 0 Å². The van der Waals surface area contributed by atoms with E-state index in [4.69, 9.17) is 9.47 Å². The van der Waals surface area contributed by atoms with Crippen molar-refractivity contribution in [2.45, 2.75) is 52.1 Å². The van der Waals surface area contributed by atoms with E-state index in [1.807, 2.05) is 51.1 Å². The molecular weight excluding hydrogens is 420 g/mol. The molecule has 0 aliphatic carbocycles. The van der Waals surface area contributed by atoms with Crippen molar-refractivity contribution in [3.63, 3.8) is 0 Å². The standard InChI is InChI=1S/C26H32N2O5/c1-26(2,3)33-25(31)28(16-14-19-9-5-4-6-10-19)15-8-7-11-22(29)20-12-13-23-21(17-20)27-24(30)18-32-23/h4-6,9-10,12-13,17H,7-8,11,14-16,18H2,1-3H3,(H,27,30). The van der Waals surface area contributed by atoms with Gasteiger partial charge >= 0.3 is 6.09 Å². The van der Waals surface area contributed by atoms with Gasteiger partial charge in [0.1, 0.15) is 11.4 Å². The Balaban J connectivity index is 1.52. The highest BCUT2D eigenvalue weighted by molar-refractivity contribution is 6.00. The van der Waals surface area contributed by atoms with Crippen LogP contribution in [0.25, 0.3) is 0 Å². The molecule has 176 valence electrons. The highest BCUT2D eigenvalue weighted by Crippen LogP contribution is 2.29. The summed E-state index contributed by atoms with van der Waals surface area (Å²) in [5.41, 5.74) is 1.65. The van der Waals surface area contributed by atoms with Crippen LogP contribution in [0.5, 0.6) is 5.75 Å². The summed E-state index contributed by atoms with van der Waals surface area (Å²) < 4.78 is 10.9. The number of ether oxygens (including phenoxy) is 2. The molecule has 7 heteroatoms. The van der Waals surface area contributed by atoms with Crippen molar-refractivity contribution in [1.82, 2.24) is 4.90 Å². The van der Waals surface area contributed by atoms with E-state index in [9.17, 15) is 14.4 Å². The number of amides is 2. The number of hydrogen-bond donors (Lipinski definition) is 1. The van der Waals surface area contributed by atoms with Crippen LogP contribution >= 0.6 is 0 Å². The van der Waals surface area contributed by atoms with Crippen molar-refractivity contribution in [1.29, 1.82) is 0 Å². The van der Waals surface area contributed by atoms with Gasteiger partial charge in [-0.15, -0.1) is 0 Å². The lowest BCUT2D eigenvalue weighted by Gasteiger charge is -2.27. The van der Waals surface area contributed by atoms with Gasteiger partial charge in [-0.3, -0.25) is 9.59 Å². The Hall–Kier alpha value is -3.35. The minimum atomic E-state index is -0.566. The topological polar surface area (TPSA) is 84.9 Å². The van der Waals surface area contributed by atoms with Crippen molar-refractivity contribution in [2.24, 2.45) is 0 Å². The zero-order valence-corrected chi connectivity index (χ0v) is 19.6. The van der Waals surface area contributed by atoms with Crippen LogP contribution in [0.2, 0.25) is 0 Å². The van der Waals surface area contributed by atoms with Crippen LogP contribution in [0.15, 0.2) is 48.5 Å². The molecule has 0 spiro atoms. The smallest absolute Gasteiger partial charge is 0.410 e. The number of Topliss-reactive ketones (excluding diaryl/α,β-unsaturated/α-hetero) is 1. The van der Waals surface area contributed by atoms with Gasteiger partial charge in [-0.05, 0) is 63.8 Å². The molecule has 2 aromatic carbocycles. The summed E-state index contributed by atoms with van der Waals surface area (Å²) >= 11 is 0. The minimum Gasteiger partial charge on any atom is -0.482 e. The van der Waals surface area contributed by atoms with Gasteiger partial charge in [0.25, 0.3) is 5.91 Å². The van der Waals surface area contributed by atoms with E-state index in [-0.39, 0.29) is 24.4 Å². The average molecular weight is 453 g/mol. The lowest BCUT2D eigenvalue weighted by Crippen LogP contribution is -2.38. The van der Waals surface area contributed by atoms with Crippen molar-refractivity contribution in [3.05, 3.63) is 59.7 Å². The van der Waals surface area contributed by atoms with E-state index in [2.05, 4.69) is 5.32 Å². The van der Waals surface area contributed by atoms with Crippen LogP contribution in [0.4, 0.5) is 10.5 Å². The Morgan fingerprint density at radius 2 is 1.82 bits per heavy atom. The first-order valence-corrected chi connectivity index (χ1v) is 11.3. The Kier molecular flexibility index (Phi) is 8.09. The second kappa shape index (κ2) is 11.0. The number of benzene rings is 2. The molecule has 1 N–H and O–H groups in total. The van der Waals surface area contributed by atoms with Gasteiger partial charge < -0.3 is 19.7 Å². The summed E-state index contributed by atoms with van der Waals surface area (Å²) in [5, 5.41) is 2.72. The van der Waals surface area contributed by atoms with Crippen molar-refractivity contribution < 1.29 is 23.9 Å². The van der Waals surface area contributed by atoms with Crippen molar-refractivity contribution >= 4 is 23.5 Å². The number of carbonyl (C=O) groups is 3. The highest BCUT2D eigenvalue weighted by Gasteiger charge is 2.22. The summed E-state index contributed by atoms with van der Waals surface area (Å²) in [6.07, 6.45) is 2.08. The van der Waals surface area contributed by atoms with Crippen LogP contribution in [-0.2, 0) is 16.0 Å².